The van der Waals surface area contributed by atoms with Crippen molar-refractivity contribution in [2.45, 2.75) is 17.7 Å². The molecule has 0 aromatic heterocycles. The van der Waals surface area contributed by atoms with E-state index in [2.05, 4.69) is 5.32 Å². The fourth-order valence-corrected chi connectivity index (χ4v) is 2.09. The molecule has 7 heteroatoms. The number of halogens is 2. The molecule has 4 nitrogen and oxygen atoms in total. The summed E-state index contributed by atoms with van der Waals surface area (Å²) in [6, 6.07) is 3.11. The molecule has 0 unspecified atom stereocenters. The van der Waals surface area contributed by atoms with E-state index in [1.54, 1.807) is 0 Å². The van der Waals surface area contributed by atoms with Gasteiger partial charge in [0.25, 0.3) is 9.05 Å². The predicted octanol–water partition coefficient (Wildman–Crippen LogP) is 2.10. The van der Waals surface area contributed by atoms with Crippen LogP contribution >= 0.6 is 10.7 Å². The van der Waals surface area contributed by atoms with E-state index in [1.807, 2.05) is 0 Å². The van der Waals surface area contributed by atoms with Crippen molar-refractivity contribution in [3.63, 3.8) is 0 Å². The van der Waals surface area contributed by atoms with Crippen molar-refractivity contribution in [1.29, 1.82) is 0 Å². The predicted molar refractivity (Wildman–Crippen MR) is 60.8 cm³/mol. The van der Waals surface area contributed by atoms with Gasteiger partial charge in [0, 0.05) is 16.6 Å². The number of carbonyl (C=O) groups excluding carboxylic acids is 1. The van der Waals surface area contributed by atoms with Gasteiger partial charge in [-0.15, -0.1) is 0 Å². The minimum atomic E-state index is -3.96. The molecule has 0 bridgehead atoms. The third kappa shape index (κ3) is 2.95. The van der Waals surface area contributed by atoms with Crippen LogP contribution in [0.1, 0.15) is 12.8 Å². The van der Waals surface area contributed by atoms with E-state index in [4.69, 9.17) is 10.7 Å². The number of hydrogen-bond donors (Lipinski definition) is 1. The largest absolute Gasteiger partial charge is 0.323 e. The topological polar surface area (TPSA) is 63.2 Å². The van der Waals surface area contributed by atoms with Crippen LogP contribution in [0.5, 0.6) is 0 Å². The van der Waals surface area contributed by atoms with E-state index in [9.17, 15) is 17.6 Å². The second kappa shape index (κ2) is 4.27. The molecule has 0 atom stereocenters. The maximum absolute atomic E-state index is 13.5. The quantitative estimate of drug-likeness (QED) is 0.861. The van der Waals surface area contributed by atoms with Crippen LogP contribution in [0.2, 0.25) is 0 Å². The monoisotopic (exact) mass is 277 g/mol. The van der Waals surface area contributed by atoms with Crippen LogP contribution in [0, 0.1) is 11.7 Å². The lowest BCUT2D eigenvalue weighted by atomic mass is 10.3. The van der Waals surface area contributed by atoms with E-state index in [0.717, 1.165) is 25.0 Å². The van der Waals surface area contributed by atoms with Crippen molar-refractivity contribution < 1.29 is 17.6 Å². The molecule has 1 saturated carbocycles. The van der Waals surface area contributed by atoms with Crippen molar-refractivity contribution in [2.24, 2.45) is 5.92 Å². The number of hydrogen-bond acceptors (Lipinski definition) is 3. The first-order valence-corrected chi connectivity index (χ1v) is 7.24. The molecule has 0 aliphatic heterocycles. The van der Waals surface area contributed by atoms with E-state index in [1.165, 1.54) is 6.07 Å². The van der Waals surface area contributed by atoms with Gasteiger partial charge >= 0.3 is 0 Å². The Hall–Kier alpha value is -1.14. The minimum Gasteiger partial charge on any atom is -0.323 e. The molecular weight excluding hydrogens is 269 g/mol. The van der Waals surface area contributed by atoms with E-state index >= 15 is 0 Å². The van der Waals surface area contributed by atoms with E-state index < -0.39 is 14.9 Å². The normalized spacial score (nSPS) is 15.6. The Morgan fingerprint density at radius 3 is 2.53 bits per heavy atom. The zero-order valence-electron chi connectivity index (χ0n) is 8.61. The highest BCUT2D eigenvalue weighted by molar-refractivity contribution is 8.13. The molecule has 1 N–H and O–H groups in total. The van der Waals surface area contributed by atoms with Crippen molar-refractivity contribution in [3.05, 3.63) is 24.0 Å². The van der Waals surface area contributed by atoms with Gasteiger partial charge in [-0.1, -0.05) is 0 Å². The van der Waals surface area contributed by atoms with Gasteiger partial charge in [-0.2, -0.15) is 0 Å². The third-order valence-corrected chi connectivity index (χ3v) is 3.78. The van der Waals surface area contributed by atoms with Crippen LogP contribution in [0.15, 0.2) is 23.1 Å². The van der Waals surface area contributed by atoms with Crippen LogP contribution in [0.3, 0.4) is 0 Å². The summed E-state index contributed by atoms with van der Waals surface area (Å²) in [6.07, 6.45) is 1.61. The molecule has 0 spiro atoms. The van der Waals surface area contributed by atoms with Crippen molar-refractivity contribution in [1.82, 2.24) is 0 Å². The Morgan fingerprint density at radius 1 is 1.41 bits per heavy atom. The number of amides is 1. The first kappa shape index (κ1) is 12.3. The summed E-state index contributed by atoms with van der Waals surface area (Å²) in [4.78, 5) is 11.1. The van der Waals surface area contributed by atoms with Crippen LogP contribution in [0.25, 0.3) is 0 Å². The summed E-state index contributed by atoms with van der Waals surface area (Å²) in [5, 5.41) is 2.40. The van der Waals surface area contributed by atoms with Crippen LogP contribution in [-0.2, 0) is 13.8 Å². The second-order valence-corrected chi connectivity index (χ2v) is 6.41. The molecule has 2 rings (SSSR count). The van der Waals surface area contributed by atoms with Gasteiger partial charge in [0.15, 0.2) is 0 Å². The Labute approximate surface area is 102 Å². The molecule has 0 saturated heterocycles. The van der Waals surface area contributed by atoms with Gasteiger partial charge < -0.3 is 5.32 Å². The van der Waals surface area contributed by atoms with Crippen LogP contribution in [-0.4, -0.2) is 14.3 Å². The average Bonchev–Trinajstić information content (AvgIpc) is 3.02. The van der Waals surface area contributed by atoms with Crippen molar-refractivity contribution in [3.8, 4) is 0 Å². The molecular formula is C10H9ClFNO3S. The zero-order chi connectivity index (χ0) is 12.6. The molecule has 1 aromatic rings. The van der Waals surface area contributed by atoms with Gasteiger partial charge in [0.2, 0.25) is 5.91 Å². The van der Waals surface area contributed by atoms with Gasteiger partial charge in [-0.3, -0.25) is 4.79 Å². The fourth-order valence-electron chi connectivity index (χ4n) is 1.33. The SMILES string of the molecule is O=C(Nc1ccc(S(=O)(=O)Cl)cc1F)C1CC1. The lowest BCUT2D eigenvalue weighted by Crippen LogP contribution is -2.14. The Kier molecular flexibility index (Phi) is 3.09. The van der Waals surface area contributed by atoms with Crippen LogP contribution < -0.4 is 5.32 Å². The average molecular weight is 278 g/mol. The number of rotatable bonds is 3. The van der Waals surface area contributed by atoms with Gasteiger partial charge in [0.1, 0.15) is 5.82 Å². The number of carbonyl (C=O) groups is 1. The van der Waals surface area contributed by atoms with Gasteiger partial charge in [-0.25, -0.2) is 12.8 Å². The fraction of sp³-hybridized carbons (Fsp3) is 0.300. The summed E-state index contributed by atoms with van der Waals surface area (Å²) >= 11 is 0. The summed E-state index contributed by atoms with van der Waals surface area (Å²) in [6.45, 7) is 0. The molecule has 17 heavy (non-hydrogen) atoms. The van der Waals surface area contributed by atoms with Gasteiger partial charge in [-0.05, 0) is 31.0 Å². The smallest absolute Gasteiger partial charge is 0.261 e. The second-order valence-electron chi connectivity index (χ2n) is 3.84. The van der Waals surface area contributed by atoms with Crippen LogP contribution in [0.4, 0.5) is 10.1 Å². The highest BCUT2D eigenvalue weighted by atomic mass is 35.7. The third-order valence-electron chi connectivity index (χ3n) is 2.43. The Bertz CT molecular complexity index is 569. The molecule has 1 aliphatic rings. The lowest BCUT2D eigenvalue weighted by Gasteiger charge is -2.06. The molecule has 0 radical (unpaired) electrons. The molecule has 1 amide bonds. The summed E-state index contributed by atoms with van der Waals surface area (Å²) in [5.41, 5.74) is -0.0361. The summed E-state index contributed by atoms with van der Waals surface area (Å²) < 4.78 is 35.4. The van der Waals surface area contributed by atoms with Crippen molar-refractivity contribution >= 4 is 31.3 Å². The maximum Gasteiger partial charge on any atom is 0.261 e. The molecule has 0 heterocycles. The number of anilines is 1. The lowest BCUT2D eigenvalue weighted by molar-refractivity contribution is -0.117. The number of benzene rings is 1. The Morgan fingerprint density at radius 2 is 2.06 bits per heavy atom. The molecule has 1 aromatic carbocycles. The molecule has 92 valence electrons. The summed E-state index contributed by atoms with van der Waals surface area (Å²) in [7, 11) is 1.11. The standard InChI is InChI=1S/C10H9ClFNO3S/c11-17(15,16)7-3-4-9(8(12)5-7)13-10(14)6-1-2-6/h3-6H,1-2H2,(H,13,14). The summed E-state index contributed by atoms with van der Waals surface area (Å²) in [5.74, 6) is -1.11. The van der Waals surface area contributed by atoms with E-state index in [0.29, 0.717) is 0 Å². The van der Waals surface area contributed by atoms with E-state index in [-0.39, 0.29) is 22.4 Å². The Balaban J connectivity index is 2.22. The van der Waals surface area contributed by atoms with Gasteiger partial charge in [0.05, 0.1) is 10.6 Å². The highest BCUT2D eigenvalue weighted by Crippen LogP contribution is 2.31. The first-order valence-electron chi connectivity index (χ1n) is 4.93. The molecule has 1 aliphatic carbocycles. The van der Waals surface area contributed by atoms with Crippen molar-refractivity contribution in [2.75, 3.05) is 5.32 Å². The zero-order valence-corrected chi connectivity index (χ0v) is 10.2. The minimum absolute atomic E-state index is 0.0361. The molecule has 1 fully saturated rings. The number of nitrogens with one attached hydrogen (secondary N) is 1. The first-order chi connectivity index (χ1) is 7.88. The highest BCUT2D eigenvalue weighted by Gasteiger charge is 2.30. The maximum atomic E-state index is 13.5.